The van der Waals surface area contributed by atoms with Crippen LogP contribution in [0, 0.1) is 0 Å². The Hall–Kier alpha value is -0.664. The van der Waals surface area contributed by atoms with Crippen molar-refractivity contribution in [3.05, 3.63) is 47.7 Å². The smallest absolute Gasteiger partial charge is 0.548 e. The van der Waals surface area contributed by atoms with E-state index < -0.39 is 18.0 Å². The summed E-state index contributed by atoms with van der Waals surface area (Å²) in [6, 6.07) is 7.59. The van der Waals surface area contributed by atoms with Crippen molar-refractivity contribution in [2.45, 2.75) is 19.9 Å². The number of nitrogens with one attached hydrogen (secondary N) is 1. The maximum absolute atomic E-state index is 11.2. The number of carboxylic acids is 1. The van der Waals surface area contributed by atoms with Crippen LogP contribution in [0.3, 0.4) is 0 Å². The molecule has 5 nitrogen and oxygen atoms in total. The van der Waals surface area contributed by atoms with E-state index >= 15 is 0 Å². The van der Waals surface area contributed by atoms with E-state index in [1.165, 1.54) is 6.08 Å². The van der Waals surface area contributed by atoms with E-state index in [-0.39, 0.29) is 58.0 Å². The average Bonchev–Trinajstić information content (AvgIpc) is 2.37. The molecule has 1 rings (SSSR count). The van der Waals surface area contributed by atoms with E-state index in [2.05, 4.69) is 5.32 Å². The predicted molar refractivity (Wildman–Crippen MR) is 67.7 cm³/mol. The summed E-state index contributed by atoms with van der Waals surface area (Å²) < 4.78 is 4.74. The van der Waals surface area contributed by atoms with Crippen molar-refractivity contribution in [1.29, 1.82) is 0 Å². The largest absolute Gasteiger partial charge is 1.00 e. The Bertz CT molecular complexity index is 473. The Balaban J connectivity index is 0.00000361. The Morgan fingerprint density at radius 1 is 1.35 bits per heavy atom. The summed E-state index contributed by atoms with van der Waals surface area (Å²) >= 11 is 0. The standard InChI is InChI=1S/C14H17NO4.K/c1-3-19-12(16)9-10(2)15-13(14(17)18)11-7-5-4-6-8-11;/h4-9,13,15H,3H2,1-2H3,(H,17,18);/q;+1/p-1/b10-9+;/t13-;/m1./s1. The minimum Gasteiger partial charge on any atom is -0.548 e. The van der Waals surface area contributed by atoms with Crippen LogP contribution >= 0.6 is 0 Å². The fourth-order valence-corrected chi connectivity index (χ4v) is 1.55. The Morgan fingerprint density at radius 2 is 1.95 bits per heavy atom. The average molecular weight is 301 g/mol. The fraction of sp³-hybridized carbons (Fsp3) is 0.286. The molecule has 1 N–H and O–H groups in total. The van der Waals surface area contributed by atoms with Gasteiger partial charge in [-0.3, -0.25) is 0 Å². The Labute approximate surface area is 160 Å². The molecule has 0 radical (unpaired) electrons. The molecule has 0 saturated heterocycles. The second-order valence-corrected chi connectivity index (χ2v) is 3.89. The molecule has 0 amide bonds. The van der Waals surface area contributed by atoms with Crippen LogP contribution in [0.15, 0.2) is 42.1 Å². The first-order valence-corrected chi connectivity index (χ1v) is 5.92. The second kappa shape index (κ2) is 10.1. The van der Waals surface area contributed by atoms with E-state index in [9.17, 15) is 14.7 Å². The van der Waals surface area contributed by atoms with Crippen molar-refractivity contribution in [3.63, 3.8) is 0 Å². The molecule has 0 aromatic heterocycles. The third kappa shape index (κ3) is 6.67. The van der Waals surface area contributed by atoms with Crippen LogP contribution in [0.2, 0.25) is 0 Å². The van der Waals surface area contributed by atoms with Gasteiger partial charge in [0.05, 0.1) is 18.6 Å². The topological polar surface area (TPSA) is 78.5 Å². The van der Waals surface area contributed by atoms with Crippen LogP contribution in [-0.4, -0.2) is 18.5 Å². The number of benzene rings is 1. The summed E-state index contributed by atoms with van der Waals surface area (Å²) in [5, 5.41) is 13.9. The van der Waals surface area contributed by atoms with Gasteiger partial charge in [-0.1, -0.05) is 30.3 Å². The summed E-state index contributed by atoms with van der Waals surface area (Å²) in [7, 11) is 0. The van der Waals surface area contributed by atoms with Gasteiger partial charge in [-0.05, 0) is 19.4 Å². The number of hydrogen-bond acceptors (Lipinski definition) is 5. The maximum Gasteiger partial charge on any atom is 1.00 e. The van der Waals surface area contributed by atoms with Crippen molar-refractivity contribution in [2.75, 3.05) is 6.61 Å². The molecule has 20 heavy (non-hydrogen) atoms. The molecule has 0 unspecified atom stereocenters. The second-order valence-electron chi connectivity index (χ2n) is 3.89. The molecule has 0 saturated carbocycles. The summed E-state index contributed by atoms with van der Waals surface area (Å²) in [6.07, 6.45) is 1.21. The van der Waals surface area contributed by atoms with Gasteiger partial charge in [0.2, 0.25) is 0 Å². The van der Waals surface area contributed by atoms with Gasteiger partial charge in [0.15, 0.2) is 0 Å². The summed E-state index contributed by atoms with van der Waals surface area (Å²) in [5.41, 5.74) is 0.954. The van der Waals surface area contributed by atoms with Crippen molar-refractivity contribution in [1.82, 2.24) is 5.32 Å². The molecule has 0 fully saturated rings. The number of allylic oxidation sites excluding steroid dienone is 1. The Kier molecular flexibility index (Phi) is 9.78. The number of carbonyl (C=O) groups excluding carboxylic acids is 2. The van der Waals surface area contributed by atoms with E-state index in [4.69, 9.17) is 4.74 Å². The SMILES string of the molecule is CCOC(=O)/C=C(\C)N[C@@H](C(=O)[O-])c1ccccc1.[K+]. The molecule has 1 atom stereocenters. The summed E-state index contributed by atoms with van der Waals surface area (Å²) in [4.78, 5) is 22.4. The summed E-state index contributed by atoms with van der Waals surface area (Å²) in [6.45, 7) is 3.56. The van der Waals surface area contributed by atoms with E-state index in [0.29, 0.717) is 11.3 Å². The zero-order valence-electron chi connectivity index (χ0n) is 11.9. The van der Waals surface area contributed by atoms with E-state index in [1.54, 1.807) is 44.2 Å². The monoisotopic (exact) mass is 301 g/mol. The van der Waals surface area contributed by atoms with Crippen molar-refractivity contribution in [3.8, 4) is 0 Å². The van der Waals surface area contributed by atoms with E-state index in [0.717, 1.165) is 0 Å². The number of aliphatic carboxylic acids is 1. The molecule has 6 heteroatoms. The molecular weight excluding hydrogens is 285 g/mol. The first kappa shape index (κ1) is 19.3. The number of rotatable bonds is 6. The van der Waals surface area contributed by atoms with Crippen LogP contribution in [0.25, 0.3) is 0 Å². The van der Waals surface area contributed by atoms with Crippen LogP contribution in [-0.2, 0) is 14.3 Å². The molecule has 0 aliphatic rings. The first-order valence-electron chi connectivity index (χ1n) is 5.92. The predicted octanol–water partition coefficient (Wildman–Crippen LogP) is -2.46. The molecule has 0 aliphatic heterocycles. The van der Waals surface area contributed by atoms with E-state index in [1.807, 2.05) is 0 Å². The van der Waals surface area contributed by atoms with Crippen LogP contribution in [0.5, 0.6) is 0 Å². The van der Waals surface area contributed by atoms with Crippen molar-refractivity contribution >= 4 is 11.9 Å². The number of hydrogen-bond donors (Lipinski definition) is 1. The molecule has 0 bridgehead atoms. The minimum absolute atomic E-state index is 0. The van der Waals surface area contributed by atoms with Gasteiger partial charge in [-0.15, -0.1) is 0 Å². The molecular formula is C14H16KNO4. The zero-order valence-corrected chi connectivity index (χ0v) is 15.0. The Morgan fingerprint density at radius 3 is 2.45 bits per heavy atom. The van der Waals surface area contributed by atoms with Gasteiger partial charge in [-0.2, -0.15) is 0 Å². The van der Waals surface area contributed by atoms with Crippen LogP contribution < -0.4 is 61.8 Å². The third-order valence-corrected chi connectivity index (χ3v) is 2.36. The van der Waals surface area contributed by atoms with Crippen molar-refractivity contribution in [2.24, 2.45) is 0 Å². The number of carbonyl (C=O) groups is 2. The number of ether oxygens (including phenoxy) is 1. The third-order valence-electron chi connectivity index (χ3n) is 2.36. The number of carboxylic acid groups (broad SMARTS) is 1. The molecule has 0 spiro atoms. The van der Waals surface area contributed by atoms with Gasteiger partial charge in [0.25, 0.3) is 0 Å². The molecule has 1 aromatic carbocycles. The number of esters is 1. The zero-order chi connectivity index (χ0) is 14.3. The molecule has 0 heterocycles. The van der Waals surface area contributed by atoms with Crippen LogP contribution in [0.1, 0.15) is 25.5 Å². The fourth-order valence-electron chi connectivity index (χ4n) is 1.55. The van der Waals surface area contributed by atoms with Gasteiger partial charge >= 0.3 is 57.4 Å². The van der Waals surface area contributed by atoms with Gasteiger partial charge in [-0.25, -0.2) is 4.79 Å². The minimum atomic E-state index is -1.26. The van der Waals surface area contributed by atoms with Gasteiger partial charge in [0.1, 0.15) is 0 Å². The van der Waals surface area contributed by atoms with Crippen LogP contribution in [0.4, 0.5) is 0 Å². The van der Waals surface area contributed by atoms with Gasteiger partial charge in [0, 0.05) is 11.8 Å². The normalized spacial score (nSPS) is 12.0. The molecule has 1 aromatic rings. The molecule has 0 aliphatic carbocycles. The summed E-state index contributed by atoms with van der Waals surface area (Å²) in [5.74, 6) is -1.78. The quantitative estimate of drug-likeness (QED) is 0.358. The van der Waals surface area contributed by atoms with Gasteiger partial charge < -0.3 is 20.0 Å². The molecule has 102 valence electrons. The first-order chi connectivity index (χ1) is 9.04. The maximum atomic E-state index is 11.2. The van der Waals surface area contributed by atoms with Crippen molar-refractivity contribution < 1.29 is 70.8 Å².